The number of ether oxygens (including phenoxy) is 3. The molecule has 0 fully saturated rings. The molecule has 0 aromatic heterocycles. The van der Waals surface area contributed by atoms with Gasteiger partial charge in [0.25, 0.3) is 5.91 Å². The number of hydrazone groups is 1. The van der Waals surface area contributed by atoms with Gasteiger partial charge in [0.1, 0.15) is 0 Å². The highest BCUT2D eigenvalue weighted by Crippen LogP contribution is 2.41. The third-order valence-corrected chi connectivity index (χ3v) is 5.53. The molecule has 0 unspecified atom stereocenters. The molecule has 0 aliphatic carbocycles. The van der Waals surface area contributed by atoms with Gasteiger partial charge in [-0.3, -0.25) is 4.79 Å². The summed E-state index contributed by atoms with van der Waals surface area (Å²) in [5.74, 6) is 0.914. The normalized spacial score (nSPS) is 10.7. The molecule has 2 aromatic rings. The van der Waals surface area contributed by atoms with Crippen molar-refractivity contribution in [2.24, 2.45) is 5.10 Å². The summed E-state index contributed by atoms with van der Waals surface area (Å²) in [6.45, 7) is 4.36. The number of para-hydroxylation sites is 2. The van der Waals surface area contributed by atoms with E-state index in [1.54, 1.807) is 24.3 Å². The molecule has 0 bridgehead atoms. The number of carbonyl (C=O) groups excluding carboxylic acids is 1. The van der Waals surface area contributed by atoms with E-state index >= 15 is 0 Å². The van der Waals surface area contributed by atoms with Crippen LogP contribution in [0.2, 0.25) is 0 Å². The van der Waals surface area contributed by atoms with E-state index < -0.39 is 5.91 Å². The lowest BCUT2D eigenvalue weighted by molar-refractivity contribution is -0.123. The number of aromatic hydroxyl groups is 1. The quantitative estimate of drug-likeness (QED) is 0.385. The Bertz CT molecular complexity index is 858. The first-order valence-electron chi connectivity index (χ1n) is 8.48. The number of carbonyl (C=O) groups is 1. The van der Waals surface area contributed by atoms with E-state index in [4.69, 9.17) is 14.2 Å². The predicted octanol–water partition coefficient (Wildman–Crippen LogP) is 4.24. The van der Waals surface area contributed by atoms with Gasteiger partial charge in [0.15, 0.2) is 29.6 Å². The molecule has 28 heavy (non-hydrogen) atoms. The average Bonchev–Trinajstić information content (AvgIpc) is 2.69. The number of amides is 1. The number of phenolic OH excluding ortho intramolecular Hbond substituents is 1. The van der Waals surface area contributed by atoms with Crippen molar-refractivity contribution in [1.82, 2.24) is 5.43 Å². The van der Waals surface area contributed by atoms with Crippen LogP contribution in [0.1, 0.15) is 19.4 Å². The Hall–Kier alpha value is -2.26. The summed E-state index contributed by atoms with van der Waals surface area (Å²) < 4.78 is 17.3. The molecule has 2 aromatic carbocycles. The standard InChI is InChI=1S/C19H20Br2N2O5/c1-3-26-13-7-5-6-8-14(13)28-11-16(24)23-22-10-12-9-15(27-4-2)19(25)18(21)17(12)20/h5-10,25H,3-4,11H2,1-2H3,(H,23,24). The van der Waals surface area contributed by atoms with E-state index in [1.807, 2.05) is 19.9 Å². The van der Waals surface area contributed by atoms with Crippen molar-refractivity contribution >= 4 is 44.0 Å². The van der Waals surface area contributed by atoms with Crippen LogP contribution in [0.5, 0.6) is 23.0 Å². The molecule has 9 heteroatoms. The molecule has 0 radical (unpaired) electrons. The molecule has 150 valence electrons. The summed E-state index contributed by atoms with van der Waals surface area (Å²) in [7, 11) is 0. The maximum atomic E-state index is 12.0. The first-order chi connectivity index (χ1) is 13.5. The van der Waals surface area contributed by atoms with Crippen molar-refractivity contribution in [2.75, 3.05) is 19.8 Å². The first-order valence-corrected chi connectivity index (χ1v) is 10.1. The van der Waals surface area contributed by atoms with Gasteiger partial charge in [-0.15, -0.1) is 0 Å². The molecule has 7 nitrogen and oxygen atoms in total. The fourth-order valence-corrected chi connectivity index (χ4v) is 2.99. The Kier molecular flexibility index (Phi) is 8.59. The molecule has 0 aliphatic heterocycles. The van der Waals surface area contributed by atoms with Crippen molar-refractivity contribution < 1.29 is 24.1 Å². The van der Waals surface area contributed by atoms with Crippen LogP contribution >= 0.6 is 31.9 Å². The lowest BCUT2D eigenvalue weighted by atomic mass is 10.2. The lowest BCUT2D eigenvalue weighted by Crippen LogP contribution is -2.24. The highest BCUT2D eigenvalue weighted by Gasteiger charge is 2.14. The molecule has 1 amide bonds. The number of benzene rings is 2. The zero-order valence-electron chi connectivity index (χ0n) is 15.4. The largest absolute Gasteiger partial charge is 0.503 e. The fraction of sp³-hybridized carbons (Fsp3) is 0.263. The Balaban J connectivity index is 1.99. The minimum Gasteiger partial charge on any atom is -0.503 e. The number of hydrogen-bond donors (Lipinski definition) is 2. The molecule has 0 saturated heterocycles. The van der Waals surface area contributed by atoms with E-state index in [0.717, 1.165) is 0 Å². The topological polar surface area (TPSA) is 89.4 Å². The van der Waals surface area contributed by atoms with E-state index in [0.29, 0.717) is 45.0 Å². The molecule has 2 N–H and O–H groups in total. The van der Waals surface area contributed by atoms with Crippen molar-refractivity contribution in [1.29, 1.82) is 0 Å². The number of nitrogens with one attached hydrogen (secondary N) is 1. The Labute approximate surface area is 179 Å². The number of nitrogens with zero attached hydrogens (tertiary/aromatic N) is 1. The number of halogens is 2. The van der Waals surface area contributed by atoms with Gasteiger partial charge in [0.05, 0.1) is 23.9 Å². The first kappa shape index (κ1) is 22.0. The van der Waals surface area contributed by atoms with Gasteiger partial charge in [-0.2, -0.15) is 5.10 Å². The minimum absolute atomic E-state index is 0.0173. The van der Waals surface area contributed by atoms with Crippen molar-refractivity contribution in [2.45, 2.75) is 13.8 Å². The molecular formula is C19H20Br2N2O5. The Morgan fingerprint density at radius 3 is 2.32 bits per heavy atom. The second kappa shape index (κ2) is 10.9. The maximum absolute atomic E-state index is 12.0. The highest BCUT2D eigenvalue weighted by atomic mass is 79.9. The SMILES string of the molecule is CCOc1ccccc1OCC(=O)NN=Cc1cc(OCC)c(O)c(Br)c1Br. The molecule has 0 spiro atoms. The monoisotopic (exact) mass is 514 g/mol. The van der Waals surface area contributed by atoms with E-state index in [1.165, 1.54) is 6.21 Å². The Morgan fingerprint density at radius 2 is 1.68 bits per heavy atom. The van der Waals surface area contributed by atoms with Gasteiger partial charge < -0.3 is 19.3 Å². The van der Waals surface area contributed by atoms with Crippen LogP contribution < -0.4 is 19.6 Å². The number of rotatable bonds is 9. The number of hydrogen-bond acceptors (Lipinski definition) is 6. The van der Waals surface area contributed by atoms with E-state index in [-0.39, 0.29) is 12.4 Å². The molecule has 0 heterocycles. The Morgan fingerprint density at radius 1 is 1.07 bits per heavy atom. The van der Waals surface area contributed by atoms with E-state index in [9.17, 15) is 9.90 Å². The zero-order chi connectivity index (χ0) is 20.5. The van der Waals surface area contributed by atoms with Crippen molar-refractivity contribution in [3.63, 3.8) is 0 Å². The van der Waals surface area contributed by atoms with Gasteiger partial charge >= 0.3 is 0 Å². The molecule has 0 atom stereocenters. The van der Waals surface area contributed by atoms with Crippen LogP contribution in [0.15, 0.2) is 44.4 Å². The summed E-state index contributed by atoms with van der Waals surface area (Å²) in [6, 6.07) is 8.72. The summed E-state index contributed by atoms with van der Waals surface area (Å²) >= 11 is 6.65. The second-order valence-corrected chi connectivity index (χ2v) is 6.92. The second-order valence-electron chi connectivity index (χ2n) is 5.34. The van der Waals surface area contributed by atoms with Crippen LogP contribution in [0.4, 0.5) is 0 Å². The van der Waals surface area contributed by atoms with Gasteiger partial charge in [0.2, 0.25) is 0 Å². The summed E-state index contributed by atoms with van der Waals surface area (Å²) in [5, 5.41) is 14.0. The van der Waals surface area contributed by atoms with Gasteiger partial charge in [-0.1, -0.05) is 12.1 Å². The van der Waals surface area contributed by atoms with E-state index in [2.05, 4.69) is 42.4 Å². The van der Waals surface area contributed by atoms with Crippen LogP contribution in [0.25, 0.3) is 0 Å². The van der Waals surface area contributed by atoms with Crippen LogP contribution in [-0.2, 0) is 4.79 Å². The predicted molar refractivity (Wildman–Crippen MR) is 114 cm³/mol. The summed E-state index contributed by atoms with van der Waals surface area (Å²) in [6.07, 6.45) is 1.43. The van der Waals surface area contributed by atoms with Gasteiger partial charge in [-0.25, -0.2) is 5.43 Å². The minimum atomic E-state index is -0.429. The van der Waals surface area contributed by atoms with Gasteiger partial charge in [-0.05, 0) is 63.9 Å². The molecule has 0 saturated carbocycles. The van der Waals surface area contributed by atoms with Crippen LogP contribution in [-0.4, -0.2) is 37.0 Å². The van der Waals surface area contributed by atoms with Crippen molar-refractivity contribution in [3.05, 3.63) is 44.8 Å². The lowest BCUT2D eigenvalue weighted by Gasteiger charge is -2.11. The third kappa shape index (κ3) is 5.87. The molecule has 0 aliphatic rings. The zero-order valence-corrected chi connectivity index (χ0v) is 18.5. The fourth-order valence-electron chi connectivity index (χ4n) is 2.16. The highest BCUT2D eigenvalue weighted by molar-refractivity contribution is 9.13. The summed E-state index contributed by atoms with van der Waals surface area (Å²) in [4.78, 5) is 12.0. The third-order valence-electron chi connectivity index (χ3n) is 3.37. The van der Waals surface area contributed by atoms with Gasteiger partial charge in [0, 0.05) is 10.0 Å². The molecule has 2 rings (SSSR count). The average molecular weight is 516 g/mol. The number of phenols is 1. The maximum Gasteiger partial charge on any atom is 0.277 e. The summed E-state index contributed by atoms with van der Waals surface area (Å²) in [5.41, 5.74) is 3.00. The van der Waals surface area contributed by atoms with Crippen LogP contribution in [0.3, 0.4) is 0 Å². The smallest absolute Gasteiger partial charge is 0.277 e. The molecular weight excluding hydrogens is 496 g/mol. The van der Waals surface area contributed by atoms with Crippen molar-refractivity contribution in [3.8, 4) is 23.0 Å². The van der Waals surface area contributed by atoms with Crippen LogP contribution in [0, 0.1) is 0 Å².